The number of H-pyrrole nitrogens is 1. The van der Waals surface area contributed by atoms with Crippen LogP contribution in [0.2, 0.25) is 0 Å². The van der Waals surface area contributed by atoms with Gasteiger partial charge in [0.2, 0.25) is 0 Å². The summed E-state index contributed by atoms with van der Waals surface area (Å²) in [5, 5.41) is 0.903. The molecule has 3 aromatic rings. The van der Waals surface area contributed by atoms with Crippen LogP contribution >= 0.6 is 0 Å². The molecule has 32 heavy (non-hydrogen) atoms. The zero-order chi connectivity index (χ0) is 23.2. The lowest BCUT2D eigenvalue weighted by Crippen LogP contribution is -2.48. The average Bonchev–Trinajstić information content (AvgIpc) is 3.05. The number of halogens is 3. The lowest BCUT2D eigenvalue weighted by Gasteiger charge is -2.43. The number of allylic oxidation sites excluding steroid dienone is 1. The molecule has 1 aliphatic rings. The fraction of sp³-hybridized carbons (Fsp3) is 0.360. The standard InChI is InChI=1S/C25H26F3N3O/c1-14-10-18-17-6-5-9-29-24(17)30-22(18)23(31(14)13-25(3,4)28)21-19(26)11-16(12-20(21)27)8-7-15(2)32/h5-9,11-12,14,23H,10,13H2,1-4H3,(H,29,30)/b8-7+. The van der Waals surface area contributed by atoms with Gasteiger partial charge < -0.3 is 4.98 Å². The van der Waals surface area contributed by atoms with Gasteiger partial charge in [0.05, 0.1) is 6.04 Å². The molecule has 0 bridgehead atoms. The van der Waals surface area contributed by atoms with E-state index >= 15 is 8.78 Å². The van der Waals surface area contributed by atoms with Crippen LogP contribution in [0.4, 0.5) is 13.2 Å². The monoisotopic (exact) mass is 441 g/mol. The largest absolute Gasteiger partial charge is 0.341 e. The Morgan fingerprint density at radius 3 is 2.62 bits per heavy atom. The lowest BCUT2D eigenvalue weighted by molar-refractivity contribution is -0.112. The second-order valence-electron chi connectivity index (χ2n) is 9.11. The minimum absolute atomic E-state index is 0.00589. The minimum atomic E-state index is -1.56. The first-order chi connectivity index (χ1) is 15.0. The Kier molecular flexibility index (Phi) is 5.71. The Morgan fingerprint density at radius 1 is 1.31 bits per heavy atom. The van der Waals surface area contributed by atoms with Crippen molar-refractivity contribution in [2.24, 2.45) is 0 Å². The van der Waals surface area contributed by atoms with Crippen molar-refractivity contribution in [3.05, 3.63) is 70.6 Å². The fourth-order valence-electron chi connectivity index (χ4n) is 4.55. The van der Waals surface area contributed by atoms with Crippen LogP contribution in [0.15, 0.2) is 36.5 Å². The maximum absolute atomic E-state index is 15.4. The average molecular weight is 441 g/mol. The highest BCUT2D eigenvalue weighted by Crippen LogP contribution is 2.43. The van der Waals surface area contributed by atoms with Crippen molar-refractivity contribution in [3.8, 4) is 0 Å². The summed E-state index contributed by atoms with van der Waals surface area (Å²) < 4.78 is 45.6. The number of aromatic amines is 1. The molecule has 0 radical (unpaired) electrons. The number of alkyl halides is 1. The number of carbonyl (C=O) groups excluding carboxylic acids is 1. The predicted molar refractivity (Wildman–Crippen MR) is 119 cm³/mol. The van der Waals surface area contributed by atoms with E-state index in [4.69, 9.17) is 0 Å². The van der Waals surface area contributed by atoms with Crippen molar-refractivity contribution in [2.75, 3.05) is 6.54 Å². The molecule has 0 saturated heterocycles. The van der Waals surface area contributed by atoms with Gasteiger partial charge in [0.25, 0.3) is 0 Å². The Bertz CT molecular complexity index is 1190. The van der Waals surface area contributed by atoms with E-state index in [0.717, 1.165) is 10.9 Å². The van der Waals surface area contributed by atoms with Crippen molar-refractivity contribution in [2.45, 2.75) is 51.9 Å². The quantitative estimate of drug-likeness (QED) is 0.530. The molecule has 3 heterocycles. The van der Waals surface area contributed by atoms with Gasteiger partial charge in [-0.3, -0.25) is 9.69 Å². The zero-order valence-corrected chi connectivity index (χ0v) is 18.5. The number of carbonyl (C=O) groups is 1. The summed E-state index contributed by atoms with van der Waals surface area (Å²) in [6, 6.07) is 5.16. The van der Waals surface area contributed by atoms with Gasteiger partial charge in [-0.1, -0.05) is 6.08 Å². The van der Waals surface area contributed by atoms with E-state index < -0.39 is 23.3 Å². The SMILES string of the molecule is CC(=O)/C=C/c1cc(F)c(C2c3[nH]c4ncccc4c3CC(C)N2CC(C)(C)F)c(F)c1. The van der Waals surface area contributed by atoms with E-state index in [0.29, 0.717) is 17.8 Å². The molecule has 7 heteroatoms. The van der Waals surface area contributed by atoms with E-state index in [9.17, 15) is 9.18 Å². The molecule has 1 aliphatic heterocycles. The highest BCUT2D eigenvalue weighted by atomic mass is 19.1. The van der Waals surface area contributed by atoms with Gasteiger partial charge in [-0.15, -0.1) is 0 Å². The Morgan fingerprint density at radius 2 is 2.00 bits per heavy atom. The number of fused-ring (bicyclic) bond motifs is 3. The van der Waals surface area contributed by atoms with Crippen molar-refractivity contribution >= 4 is 22.9 Å². The van der Waals surface area contributed by atoms with Crippen LogP contribution in [0.3, 0.4) is 0 Å². The van der Waals surface area contributed by atoms with Gasteiger partial charge in [0.15, 0.2) is 5.78 Å². The summed E-state index contributed by atoms with van der Waals surface area (Å²) in [5.74, 6) is -1.71. The molecule has 0 saturated carbocycles. The first-order valence-electron chi connectivity index (χ1n) is 10.6. The number of hydrogen-bond acceptors (Lipinski definition) is 3. The van der Waals surface area contributed by atoms with E-state index in [-0.39, 0.29) is 29.5 Å². The number of pyridine rings is 1. The van der Waals surface area contributed by atoms with Crippen LogP contribution in [0.5, 0.6) is 0 Å². The van der Waals surface area contributed by atoms with Gasteiger partial charge in [-0.05, 0) is 75.6 Å². The molecule has 2 atom stereocenters. The second kappa shape index (κ2) is 8.20. The minimum Gasteiger partial charge on any atom is -0.341 e. The molecule has 1 aromatic carbocycles. The highest BCUT2D eigenvalue weighted by molar-refractivity contribution is 5.91. The van der Waals surface area contributed by atoms with E-state index in [1.807, 2.05) is 24.0 Å². The molecule has 0 aliphatic carbocycles. The fourth-order valence-corrected chi connectivity index (χ4v) is 4.55. The first-order valence-corrected chi connectivity index (χ1v) is 10.6. The summed E-state index contributed by atoms with van der Waals surface area (Å²) >= 11 is 0. The number of ketones is 1. The Balaban J connectivity index is 1.92. The van der Waals surface area contributed by atoms with Crippen LogP contribution in [-0.4, -0.2) is 38.9 Å². The Hall–Kier alpha value is -2.93. The van der Waals surface area contributed by atoms with Crippen LogP contribution in [0.25, 0.3) is 17.1 Å². The predicted octanol–water partition coefficient (Wildman–Crippen LogP) is 5.53. The van der Waals surface area contributed by atoms with Gasteiger partial charge >= 0.3 is 0 Å². The lowest BCUT2D eigenvalue weighted by atomic mass is 9.87. The molecular weight excluding hydrogens is 415 g/mol. The number of benzene rings is 1. The van der Waals surface area contributed by atoms with Crippen molar-refractivity contribution < 1.29 is 18.0 Å². The maximum atomic E-state index is 15.4. The topological polar surface area (TPSA) is 49.0 Å². The molecule has 0 spiro atoms. The first kappa shape index (κ1) is 22.3. The van der Waals surface area contributed by atoms with Crippen LogP contribution in [0.1, 0.15) is 56.1 Å². The summed E-state index contributed by atoms with van der Waals surface area (Å²) in [4.78, 5) is 20.6. The van der Waals surface area contributed by atoms with Crippen molar-refractivity contribution in [3.63, 3.8) is 0 Å². The van der Waals surface area contributed by atoms with E-state index in [2.05, 4.69) is 9.97 Å². The number of nitrogens with one attached hydrogen (secondary N) is 1. The normalized spacial score (nSPS) is 19.6. The molecule has 168 valence electrons. The molecule has 0 fully saturated rings. The van der Waals surface area contributed by atoms with Crippen LogP contribution < -0.4 is 0 Å². The zero-order valence-electron chi connectivity index (χ0n) is 18.5. The smallest absolute Gasteiger partial charge is 0.152 e. The van der Waals surface area contributed by atoms with Crippen LogP contribution in [-0.2, 0) is 11.2 Å². The summed E-state index contributed by atoms with van der Waals surface area (Å²) in [6.07, 6.45) is 4.90. The summed E-state index contributed by atoms with van der Waals surface area (Å²) in [6.45, 7) is 6.23. The molecule has 2 aromatic heterocycles. The van der Waals surface area contributed by atoms with Crippen molar-refractivity contribution in [1.82, 2.24) is 14.9 Å². The second-order valence-corrected chi connectivity index (χ2v) is 9.11. The molecule has 4 nitrogen and oxygen atoms in total. The van der Waals surface area contributed by atoms with Gasteiger partial charge in [0, 0.05) is 35.4 Å². The van der Waals surface area contributed by atoms with Crippen LogP contribution in [0, 0.1) is 11.6 Å². The molecule has 0 amide bonds. The molecular formula is C25H26F3N3O. The van der Waals surface area contributed by atoms with Crippen molar-refractivity contribution in [1.29, 1.82) is 0 Å². The number of aromatic nitrogens is 2. The van der Waals surface area contributed by atoms with Gasteiger partial charge in [-0.25, -0.2) is 18.2 Å². The van der Waals surface area contributed by atoms with Gasteiger partial charge in [0.1, 0.15) is 23.0 Å². The van der Waals surface area contributed by atoms with Gasteiger partial charge in [-0.2, -0.15) is 0 Å². The molecule has 4 rings (SSSR count). The third-order valence-corrected chi connectivity index (χ3v) is 5.83. The van der Waals surface area contributed by atoms with E-state index in [1.54, 1.807) is 6.20 Å². The third kappa shape index (κ3) is 4.21. The number of nitrogens with zero attached hydrogens (tertiary/aromatic N) is 2. The molecule has 2 unspecified atom stereocenters. The number of hydrogen-bond donors (Lipinski definition) is 1. The molecule has 1 N–H and O–H groups in total. The highest BCUT2D eigenvalue weighted by Gasteiger charge is 2.41. The third-order valence-electron chi connectivity index (χ3n) is 5.83. The summed E-state index contributed by atoms with van der Waals surface area (Å²) in [7, 11) is 0. The van der Waals surface area contributed by atoms with E-state index in [1.165, 1.54) is 45.1 Å². The Labute approximate surface area is 185 Å². The maximum Gasteiger partial charge on any atom is 0.152 e. The number of rotatable bonds is 5. The summed E-state index contributed by atoms with van der Waals surface area (Å²) in [5.41, 5.74) is 0.750.